The largest absolute Gasteiger partial charge is 0.444 e. The molecule has 1 aliphatic heterocycles. The predicted octanol–water partition coefficient (Wildman–Crippen LogP) is 5.28. The van der Waals surface area contributed by atoms with E-state index in [1.54, 1.807) is 23.7 Å². The van der Waals surface area contributed by atoms with Gasteiger partial charge in [-0.15, -0.1) is 11.3 Å². The lowest BCUT2D eigenvalue weighted by molar-refractivity contribution is 0.0146. The lowest BCUT2D eigenvalue weighted by atomic mass is 9.95. The van der Waals surface area contributed by atoms with Gasteiger partial charge in [0.1, 0.15) is 5.60 Å². The van der Waals surface area contributed by atoms with Crippen LogP contribution >= 0.6 is 11.3 Å². The molecule has 0 saturated heterocycles. The van der Waals surface area contributed by atoms with E-state index in [9.17, 15) is 4.79 Å². The number of carbonyl (C=O) groups is 1. The molecule has 0 fully saturated rings. The van der Waals surface area contributed by atoms with E-state index in [0.29, 0.717) is 12.4 Å². The van der Waals surface area contributed by atoms with E-state index in [0.717, 1.165) is 24.0 Å². The first-order chi connectivity index (χ1) is 13.9. The summed E-state index contributed by atoms with van der Waals surface area (Å²) < 4.78 is 5.70. The Morgan fingerprint density at radius 2 is 2.00 bits per heavy atom. The number of hydrogen-bond donors (Lipinski definition) is 0. The monoisotopic (exact) mass is 407 g/mol. The van der Waals surface area contributed by atoms with Crippen molar-refractivity contribution in [1.29, 1.82) is 0 Å². The number of ether oxygens (including phenoxy) is 1. The Kier molecular flexibility index (Phi) is 5.37. The molecule has 2 aromatic heterocycles. The highest BCUT2D eigenvalue weighted by Crippen LogP contribution is 2.37. The third-order valence-electron chi connectivity index (χ3n) is 4.89. The zero-order valence-corrected chi connectivity index (χ0v) is 17.8. The van der Waals surface area contributed by atoms with Crippen molar-refractivity contribution in [1.82, 2.24) is 14.9 Å². The Bertz CT molecular complexity index is 995. The fourth-order valence-electron chi connectivity index (χ4n) is 3.64. The van der Waals surface area contributed by atoms with Gasteiger partial charge in [-0.1, -0.05) is 18.2 Å². The molecule has 0 bridgehead atoms. The average Bonchev–Trinajstić information content (AvgIpc) is 3.17. The van der Waals surface area contributed by atoms with Crippen LogP contribution in [0.2, 0.25) is 0 Å². The number of aromatic nitrogens is 2. The van der Waals surface area contributed by atoms with E-state index in [1.165, 1.54) is 10.4 Å². The van der Waals surface area contributed by atoms with Crippen molar-refractivity contribution in [3.8, 4) is 11.4 Å². The maximum absolute atomic E-state index is 12.9. The third-order valence-corrected chi connectivity index (χ3v) is 5.95. The van der Waals surface area contributed by atoms with Crippen molar-refractivity contribution in [2.45, 2.75) is 45.3 Å². The number of rotatable bonds is 3. The minimum Gasteiger partial charge on any atom is -0.444 e. The van der Waals surface area contributed by atoms with Crippen LogP contribution in [0.4, 0.5) is 4.79 Å². The minimum absolute atomic E-state index is 0.0273. The topological polar surface area (TPSA) is 55.3 Å². The van der Waals surface area contributed by atoms with Gasteiger partial charge >= 0.3 is 6.09 Å². The summed E-state index contributed by atoms with van der Waals surface area (Å²) in [6, 6.07) is 12.2. The van der Waals surface area contributed by atoms with Crippen molar-refractivity contribution < 1.29 is 9.53 Å². The molecule has 1 atom stereocenters. The van der Waals surface area contributed by atoms with Gasteiger partial charge in [0.15, 0.2) is 5.82 Å². The molecule has 4 rings (SSSR count). The Hall–Kier alpha value is -2.73. The smallest absolute Gasteiger partial charge is 0.410 e. The summed E-state index contributed by atoms with van der Waals surface area (Å²) in [4.78, 5) is 24.8. The Morgan fingerprint density at radius 3 is 2.76 bits per heavy atom. The first kappa shape index (κ1) is 19.6. The summed E-state index contributed by atoms with van der Waals surface area (Å²) in [5, 5.41) is 2.12. The summed E-state index contributed by atoms with van der Waals surface area (Å²) in [7, 11) is 0. The van der Waals surface area contributed by atoms with Crippen LogP contribution in [0.25, 0.3) is 11.4 Å². The van der Waals surface area contributed by atoms with Crippen LogP contribution in [-0.2, 0) is 17.6 Å². The number of hydrogen-bond acceptors (Lipinski definition) is 5. The number of benzene rings is 1. The van der Waals surface area contributed by atoms with E-state index >= 15 is 0 Å². The standard InChI is InChI=1S/C23H25N3O2S/c1-23(2,3)28-22(27)26-12-8-17-9-13-29-20(17)19(26)15-16-6-4-7-18(14-16)21-24-10-5-11-25-21/h4-7,9-11,13-14,19H,8,12,15H2,1-3H3. The number of thiophene rings is 1. The molecule has 3 heterocycles. The highest BCUT2D eigenvalue weighted by Gasteiger charge is 2.34. The fourth-order valence-corrected chi connectivity index (χ4v) is 4.70. The second-order valence-electron chi connectivity index (χ2n) is 8.23. The van der Waals surface area contributed by atoms with E-state index in [2.05, 4.69) is 33.5 Å². The van der Waals surface area contributed by atoms with Gasteiger partial charge in [-0.2, -0.15) is 0 Å². The zero-order chi connectivity index (χ0) is 20.4. The van der Waals surface area contributed by atoms with Crippen LogP contribution in [0, 0.1) is 0 Å². The van der Waals surface area contributed by atoms with Gasteiger partial charge in [0.25, 0.3) is 0 Å². The molecular formula is C23H25N3O2S. The highest BCUT2D eigenvalue weighted by molar-refractivity contribution is 7.10. The van der Waals surface area contributed by atoms with Crippen LogP contribution < -0.4 is 0 Å². The maximum Gasteiger partial charge on any atom is 0.410 e. The number of fused-ring (bicyclic) bond motifs is 1. The summed E-state index contributed by atoms with van der Waals surface area (Å²) >= 11 is 1.72. The number of amides is 1. The van der Waals surface area contributed by atoms with Crippen molar-refractivity contribution in [3.05, 3.63) is 70.2 Å². The lowest BCUT2D eigenvalue weighted by Crippen LogP contribution is -2.43. The summed E-state index contributed by atoms with van der Waals surface area (Å²) in [5.74, 6) is 0.707. The molecule has 0 spiro atoms. The van der Waals surface area contributed by atoms with Crippen molar-refractivity contribution in [2.75, 3.05) is 6.54 Å². The molecule has 1 amide bonds. The van der Waals surface area contributed by atoms with Gasteiger partial charge in [0, 0.05) is 29.4 Å². The van der Waals surface area contributed by atoms with Gasteiger partial charge < -0.3 is 4.74 Å². The molecule has 3 aromatic rings. The molecule has 0 N–H and O–H groups in total. The van der Waals surface area contributed by atoms with E-state index in [-0.39, 0.29) is 12.1 Å². The first-order valence-electron chi connectivity index (χ1n) is 9.83. The number of carbonyl (C=O) groups excluding carboxylic acids is 1. The van der Waals surface area contributed by atoms with E-state index in [4.69, 9.17) is 4.74 Å². The highest BCUT2D eigenvalue weighted by atomic mass is 32.1. The second-order valence-corrected chi connectivity index (χ2v) is 9.17. The van der Waals surface area contributed by atoms with Gasteiger partial charge in [0.05, 0.1) is 6.04 Å². The average molecular weight is 408 g/mol. The van der Waals surface area contributed by atoms with Crippen molar-refractivity contribution in [3.63, 3.8) is 0 Å². The normalized spacial score (nSPS) is 16.4. The van der Waals surface area contributed by atoms with Crippen LogP contribution in [-0.4, -0.2) is 33.1 Å². The Labute approximate surface area is 175 Å². The van der Waals surface area contributed by atoms with Crippen LogP contribution in [0.5, 0.6) is 0 Å². The SMILES string of the molecule is CC(C)(C)OC(=O)N1CCc2ccsc2C1Cc1cccc(-c2ncccn2)c1. The van der Waals surface area contributed by atoms with Crippen LogP contribution in [0.15, 0.2) is 54.2 Å². The maximum atomic E-state index is 12.9. The molecule has 1 unspecified atom stereocenters. The van der Waals surface area contributed by atoms with Crippen molar-refractivity contribution in [2.24, 2.45) is 0 Å². The molecule has 0 aliphatic carbocycles. The molecule has 6 heteroatoms. The lowest BCUT2D eigenvalue weighted by Gasteiger charge is -2.37. The first-order valence-corrected chi connectivity index (χ1v) is 10.7. The molecule has 1 aliphatic rings. The fraction of sp³-hybridized carbons (Fsp3) is 0.348. The third kappa shape index (κ3) is 4.48. The summed E-state index contributed by atoms with van der Waals surface area (Å²) in [6.07, 6.45) is 4.85. The van der Waals surface area contributed by atoms with Gasteiger partial charge in [-0.3, -0.25) is 4.90 Å². The summed E-state index contributed by atoms with van der Waals surface area (Å²) in [5.41, 5.74) is 2.95. The van der Waals surface area contributed by atoms with Crippen LogP contribution in [0.1, 0.15) is 42.8 Å². The molecule has 1 aromatic carbocycles. The molecule has 150 valence electrons. The zero-order valence-electron chi connectivity index (χ0n) is 17.0. The Morgan fingerprint density at radius 1 is 1.21 bits per heavy atom. The minimum atomic E-state index is -0.512. The van der Waals surface area contributed by atoms with Crippen LogP contribution in [0.3, 0.4) is 0 Å². The quantitative estimate of drug-likeness (QED) is 0.593. The second kappa shape index (κ2) is 7.95. The predicted molar refractivity (Wildman–Crippen MR) is 115 cm³/mol. The van der Waals surface area contributed by atoms with Gasteiger partial charge in [-0.05, 0) is 68.3 Å². The van der Waals surface area contributed by atoms with E-state index in [1.807, 2.05) is 43.9 Å². The van der Waals surface area contributed by atoms with Gasteiger partial charge in [-0.25, -0.2) is 14.8 Å². The number of nitrogens with zero attached hydrogens (tertiary/aromatic N) is 3. The molecule has 0 saturated carbocycles. The van der Waals surface area contributed by atoms with E-state index < -0.39 is 5.60 Å². The molecule has 29 heavy (non-hydrogen) atoms. The molecular weight excluding hydrogens is 382 g/mol. The summed E-state index contributed by atoms with van der Waals surface area (Å²) in [6.45, 7) is 6.39. The van der Waals surface area contributed by atoms with Crippen molar-refractivity contribution >= 4 is 17.4 Å². The van der Waals surface area contributed by atoms with Gasteiger partial charge in [0.2, 0.25) is 0 Å². The Balaban J connectivity index is 1.63. The molecule has 5 nitrogen and oxygen atoms in total. The molecule has 0 radical (unpaired) electrons.